The molecule has 0 bridgehead atoms. The van der Waals surface area contributed by atoms with Gasteiger partial charge in [-0.15, -0.1) is 0 Å². The van der Waals surface area contributed by atoms with Gasteiger partial charge in [0.15, 0.2) is 0 Å². The number of nitrogens with zero attached hydrogens (tertiary/aromatic N) is 2. The van der Waals surface area contributed by atoms with Crippen LogP contribution in [-0.2, 0) is 4.79 Å². The van der Waals surface area contributed by atoms with Crippen LogP contribution in [0.15, 0.2) is 18.7 Å². The lowest BCUT2D eigenvalue weighted by Gasteiger charge is -1.75. The molecule has 7 heavy (non-hydrogen) atoms. The van der Waals surface area contributed by atoms with E-state index in [0.29, 0.717) is 6.41 Å². The summed E-state index contributed by atoms with van der Waals surface area (Å²) in [5.74, 6) is 0. The van der Waals surface area contributed by atoms with Gasteiger partial charge in [0, 0.05) is 12.4 Å². The average Bonchev–Trinajstić information content (AvgIpc) is 2.14. The van der Waals surface area contributed by atoms with Crippen molar-refractivity contribution in [2.45, 2.75) is 0 Å². The molecule has 1 heterocycles. The highest BCUT2D eigenvalue weighted by atomic mass is 16.1. The molecule has 0 amide bonds. The van der Waals surface area contributed by atoms with Gasteiger partial charge in [-0.2, -0.15) is 0 Å². The zero-order chi connectivity index (χ0) is 5.11. The van der Waals surface area contributed by atoms with E-state index in [1.165, 1.54) is 10.9 Å². The molecule has 0 aliphatic rings. The summed E-state index contributed by atoms with van der Waals surface area (Å²) in [6.07, 6.45) is 5.25. The second-order valence-electron chi connectivity index (χ2n) is 1.12. The summed E-state index contributed by atoms with van der Waals surface area (Å²) < 4.78 is 1.33. The number of hydrogen-bond acceptors (Lipinski definition) is 2. The van der Waals surface area contributed by atoms with Crippen molar-refractivity contribution in [3.05, 3.63) is 18.7 Å². The van der Waals surface area contributed by atoms with Crippen molar-refractivity contribution in [2.24, 2.45) is 0 Å². The maximum Gasteiger partial charge on any atom is 0.218 e. The van der Waals surface area contributed by atoms with Gasteiger partial charge in [-0.25, -0.2) is 4.98 Å². The van der Waals surface area contributed by atoms with E-state index in [2.05, 4.69) is 4.98 Å². The first-order valence-corrected chi connectivity index (χ1v) is 1.86. The summed E-state index contributed by atoms with van der Waals surface area (Å²) in [6, 6.07) is 0. The lowest BCUT2D eigenvalue weighted by molar-refractivity contribution is 0.547. The van der Waals surface area contributed by atoms with Crippen LogP contribution in [0.3, 0.4) is 0 Å². The van der Waals surface area contributed by atoms with E-state index in [0.717, 1.165) is 0 Å². The summed E-state index contributed by atoms with van der Waals surface area (Å²) >= 11 is 0. The van der Waals surface area contributed by atoms with Crippen LogP contribution in [0.1, 0.15) is 0 Å². The van der Waals surface area contributed by atoms with Crippen molar-refractivity contribution >= 4 is 6.41 Å². The van der Waals surface area contributed by atoms with Crippen LogP contribution in [0.4, 0.5) is 0 Å². The number of hydrogen-bond donors (Lipinski definition) is 0. The normalized spacial score (nSPS) is 8.57. The van der Waals surface area contributed by atoms with Crippen molar-refractivity contribution in [3.8, 4) is 0 Å². The molecule has 0 saturated heterocycles. The monoisotopic (exact) mass is 95.0 g/mol. The van der Waals surface area contributed by atoms with Crippen LogP contribution in [0.25, 0.3) is 0 Å². The lowest BCUT2D eigenvalue weighted by atomic mass is 10.5. The van der Waals surface area contributed by atoms with E-state index in [4.69, 9.17) is 0 Å². The van der Waals surface area contributed by atoms with Gasteiger partial charge in [0.1, 0.15) is 6.33 Å². The number of carbonyl (C=O) groups is 1. The van der Waals surface area contributed by atoms with Crippen molar-refractivity contribution < 1.29 is 4.79 Å². The standard InChI is InChI=1S/C4H4N2O/c7-4-6-2-1-5-3-6/h1-4H/i4-1. The molecule has 0 aliphatic heterocycles. The van der Waals surface area contributed by atoms with E-state index in [-0.39, 0.29) is 0 Å². The van der Waals surface area contributed by atoms with Gasteiger partial charge in [0.05, 0.1) is 0 Å². The van der Waals surface area contributed by atoms with Gasteiger partial charge < -0.3 is 0 Å². The second-order valence-corrected chi connectivity index (χ2v) is 1.12. The van der Waals surface area contributed by atoms with Crippen LogP contribution < -0.4 is 0 Å². The quantitative estimate of drug-likeness (QED) is 0.457. The zero-order valence-electron chi connectivity index (χ0n) is 3.61. The smallest absolute Gasteiger partial charge is 0.218 e. The molecule has 1 rings (SSSR count). The van der Waals surface area contributed by atoms with Crippen molar-refractivity contribution in [2.75, 3.05) is 0 Å². The van der Waals surface area contributed by atoms with Gasteiger partial charge in [-0.3, -0.25) is 9.36 Å². The Morgan fingerprint density at radius 2 is 2.57 bits per heavy atom. The van der Waals surface area contributed by atoms with E-state index in [1.54, 1.807) is 12.4 Å². The Hall–Kier alpha value is -1.12. The summed E-state index contributed by atoms with van der Waals surface area (Å²) in [5.41, 5.74) is 0. The Balaban J connectivity index is 2.96. The number of carbonyl (C=O) groups excluding carboxylic acids is 1. The molecule has 0 aromatic carbocycles. The largest absolute Gasteiger partial charge is 0.279 e. The van der Waals surface area contributed by atoms with Crippen molar-refractivity contribution in [3.63, 3.8) is 0 Å². The fourth-order valence-electron chi connectivity index (χ4n) is 0.332. The highest BCUT2D eigenvalue weighted by Crippen LogP contribution is 1.74. The van der Waals surface area contributed by atoms with Crippen LogP contribution >= 0.6 is 0 Å². The molecule has 0 radical (unpaired) electrons. The van der Waals surface area contributed by atoms with Crippen molar-refractivity contribution in [1.82, 2.24) is 9.55 Å². The second kappa shape index (κ2) is 1.55. The van der Waals surface area contributed by atoms with E-state index >= 15 is 0 Å². The summed E-state index contributed by atoms with van der Waals surface area (Å²) in [5, 5.41) is 0. The molecule has 0 fully saturated rings. The fourth-order valence-corrected chi connectivity index (χ4v) is 0.332. The highest BCUT2D eigenvalue weighted by molar-refractivity contribution is 5.50. The molecule has 0 spiro atoms. The van der Waals surface area contributed by atoms with Crippen LogP contribution in [0, 0.1) is 0 Å². The van der Waals surface area contributed by atoms with Crippen LogP contribution in [0.2, 0.25) is 0 Å². The Morgan fingerprint density at radius 1 is 1.71 bits per heavy atom. The Labute approximate surface area is 40.6 Å². The molecule has 1 aromatic heterocycles. The first kappa shape index (κ1) is 4.05. The molecule has 0 saturated carbocycles. The minimum Gasteiger partial charge on any atom is -0.279 e. The third kappa shape index (κ3) is 0.652. The molecule has 1 aromatic rings. The van der Waals surface area contributed by atoms with E-state index in [1.807, 2.05) is 0 Å². The van der Waals surface area contributed by atoms with Gasteiger partial charge in [-0.05, 0) is 0 Å². The molecule has 36 valence electrons. The van der Waals surface area contributed by atoms with Gasteiger partial charge in [-0.1, -0.05) is 0 Å². The Morgan fingerprint density at radius 3 is 2.86 bits per heavy atom. The third-order valence-corrected chi connectivity index (χ3v) is 0.647. The number of rotatable bonds is 1. The van der Waals surface area contributed by atoms with Crippen molar-refractivity contribution in [1.29, 1.82) is 0 Å². The SMILES string of the molecule is O=[11CH]n1ccnc1. The first-order valence-electron chi connectivity index (χ1n) is 1.86. The molecular weight excluding hydrogens is 91.1 g/mol. The average molecular weight is 95.1 g/mol. The number of aromatic nitrogens is 2. The highest BCUT2D eigenvalue weighted by Gasteiger charge is 1.76. The summed E-state index contributed by atoms with van der Waals surface area (Å²) in [4.78, 5) is 13.4. The maximum atomic E-state index is 9.79. The molecule has 0 aliphatic carbocycles. The number of imidazole rings is 1. The lowest BCUT2D eigenvalue weighted by Crippen LogP contribution is -1.86. The van der Waals surface area contributed by atoms with E-state index in [9.17, 15) is 4.79 Å². The Kier molecular flexibility index (Phi) is 0.898. The third-order valence-electron chi connectivity index (χ3n) is 0.647. The van der Waals surface area contributed by atoms with Crippen LogP contribution in [0.5, 0.6) is 0 Å². The van der Waals surface area contributed by atoms with Crippen LogP contribution in [-0.4, -0.2) is 16.0 Å². The molecule has 0 N–H and O–H groups in total. The maximum absolute atomic E-state index is 9.79. The summed E-state index contributed by atoms with van der Waals surface area (Å²) in [7, 11) is 0. The fraction of sp³-hybridized carbons (Fsp3) is 0. The zero-order valence-corrected chi connectivity index (χ0v) is 3.61. The van der Waals surface area contributed by atoms with E-state index < -0.39 is 0 Å². The summed E-state index contributed by atoms with van der Waals surface area (Å²) in [6.45, 7) is 0. The minimum absolute atomic E-state index is 0.688. The molecular formula is C4H4N2O. The molecule has 3 heteroatoms. The van der Waals surface area contributed by atoms with Gasteiger partial charge in [0.2, 0.25) is 6.41 Å². The Bertz CT molecular complexity index is 145. The first-order chi connectivity index (χ1) is 3.43. The molecule has 0 atom stereocenters. The van der Waals surface area contributed by atoms with Gasteiger partial charge >= 0.3 is 0 Å². The predicted octanol–water partition coefficient (Wildman–Crippen LogP) is -0.0786. The topological polar surface area (TPSA) is 34.9 Å². The minimum atomic E-state index is 0.688. The molecule has 3 nitrogen and oxygen atoms in total. The molecule has 0 unspecified atom stereocenters. The predicted molar refractivity (Wildman–Crippen MR) is 24.4 cm³/mol. The van der Waals surface area contributed by atoms with Gasteiger partial charge in [0.25, 0.3) is 0 Å².